The third-order valence-corrected chi connectivity index (χ3v) is 7.36. The number of carbonyl (C=O) groups excluding carboxylic acids is 1. The molecule has 2 aliphatic rings. The smallest absolute Gasteiger partial charge is 0.209 e. The number of rotatable bonds is 2. The molecular weight excluding hydrogens is 420 g/mol. The van der Waals surface area contributed by atoms with E-state index in [4.69, 9.17) is 4.98 Å². The Kier molecular flexibility index (Phi) is 4.09. The number of allylic oxidation sites excluding steroid dienone is 2. The first kappa shape index (κ1) is 19.4. The number of hydrogen-bond acceptors (Lipinski definition) is 3. The van der Waals surface area contributed by atoms with E-state index in [1.54, 1.807) is 0 Å². The van der Waals surface area contributed by atoms with Crippen molar-refractivity contribution in [2.75, 3.05) is 5.32 Å². The molecule has 0 radical (unpaired) electrons. The lowest BCUT2D eigenvalue weighted by atomic mass is 9.77. The van der Waals surface area contributed by atoms with E-state index in [1.165, 1.54) is 11.1 Å². The molecule has 1 aliphatic carbocycles. The van der Waals surface area contributed by atoms with Gasteiger partial charge in [-0.05, 0) is 43.0 Å². The van der Waals surface area contributed by atoms with E-state index >= 15 is 0 Å². The van der Waals surface area contributed by atoms with Crippen LogP contribution in [0.1, 0.15) is 41.5 Å². The Morgan fingerprint density at radius 1 is 0.941 bits per heavy atom. The number of aromatic amines is 1. The molecule has 0 amide bonds. The number of imidazole rings is 1. The zero-order valence-corrected chi connectivity index (χ0v) is 18.9. The van der Waals surface area contributed by atoms with Crippen molar-refractivity contribution < 1.29 is 4.79 Å². The highest BCUT2D eigenvalue weighted by Gasteiger charge is 2.40. The number of H-pyrrole nitrogens is 1. The first-order valence-electron chi connectivity index (χ1n) is 11.8. The van der Waals surface area contributed by atoms with Crippen LogP contribution in [-0.4, -0.2) is 20.3 Å². The quantitative estimate of drug-likeness (QED) is 0.339. The van der Waals surface area contributed by atoms with Crippen LogP contribution >= 0.6 is 0 Å². The molecule has 1 aliphatic heterocycles. The Labute approximate surface area is 197 Å². The molecule has 2 atom stereocenters. The van der Waals surface area contributed by atoms with E-state index in [-0.39, 0.29) is 17.7 Å². The molecule has 0 spiro atoms. The van der Waals surface area contributed by atoms with Crippen molar-refractivity contribution >= 4 is 33.7 Å². The number of para-hydroxylation sites is 3. The van der Waals surface area contributed by atoms with Crippen LogP contribution in [0, 0.1) is 6.92 Å². The van der Waals surface area contributed by atoms with Gasteiger partial charge in [-0.15, -0.1) is 0 Å². The molecule has 0 saturated carbocycles. The summed E-state index contributed by atoms with van der Waals surface area (Å²) in [4.78, 5) is 22.2. The lowest BCUT2D eigenvalue weighted by Crippen LogP contribution is -2.33. The summed E-state index contributed by atoms with van der Waals surface area (Å²) >= 11 is 0. The molecule has 3 aromatic carbocycles. The summed E-state index contributed by atoms with van der Waals surface area (Å²) in [5, 5.41) is 4.71. The molecule has 0 unspecified atom stereocenters. The summed E-state index contributed by atoms with van der Waals surface area (Å²) in [7, 11) is 0. The summed E-state index contributed by atoms with van der Waals surface area (Å²) in [6.45, 7) is 2.09. The molecule has 2 N–H and O–H groups in total. The van der Waals surface area contributed by atoms with E-state index < -0.39 is 0 Å². The number of ketones is 1. The van der Waals surface area contributed by atoms with Gasteiger partial charge in [0.1, 0.15) is 0 Å². The predicted molar refractivity (Wildman–Crippen MR) is 135 cm³/mol. The molecule has 2 aromatic heterocycles. The highest BCUT2D eigenvalue weighted by atomic mass is 16.1. The van der Waals surface area contributed by atoms with E-state index in [1.807, 2.05) is 24.3 Å². The summed E-state index contributed by atoms with van der Waals surface area (Å²) in [6.07, 6.45) is 3.37. The fourth-order valence-electron chi connectivity index (χ4n) is 5.71. The lowest BCUT2D eigenvalue weighted by Gasteiger charge is -2.36. The number of anilines is 1. The summed E-state index contributed by atoms with van der Waals surface area (Å²) in [5.74, 6) is 1.17. The Morgan fingerprint density at radius 3 is 2.62 bits per heavy atom. The molecule has 5 aromatic rings. The van der Waals surface area contributed by atoms with Crippen LogP contribution in [0.2, 0.25) is 0 Å². The van der Waals surface area contributed by atoms with Crippen LogP contribution in [0.5, 0.6) is 0 Å². The lowest BCUT2D eigenvalue weighted by molar-refractivity contribution is -0.116. The molecule has 7 rings (SSSR count). The topological polar surface area (TPSA) is 62.7 Å². The second-order valence-electron chi connectivity index (χ2n) is 9.44. The van der Waals surface area contributed by atoms with Gasteiger partial charge < -0.3 is 10.3 Å². The molecule has 5 nitrogen and oxygen atoms in total. The van der Waals surface area contributed by atoms with Crippen LogP contribution in [0.4, 0.5) is 5.95 Å². The first-order chi connectivity index (χ1) is 16.7. The fourth-order valence-corrected chi connectivity index (χ4v) is 5.71. The summed E-state index contributed by atoms with van der Waals surface area (Å²) in [5.41, 5.74) is 8.45. The van der Waals surface area contributed by atoms with Gasteiger partial charge in [-0.2, -0.15) is 0 Å². The van der Waals surface area contributed by atoms with Crippen molar-refractivity contribution in [1.82, 2.24) is 14.5 Å². The zero-order valence-electron chi connectivity index (χ0n) is 18.9. The number of Topliss-reactive ketones (excluding diaryl/α,β-unsaturated/α-hetero) is 1. The Hall–Kier alpha value is -4.12. The SMILES string of the molecule is Cc1ccc([C@@H]2CC(=O)C3=C(C2)Nc2nc4ccccc4n2[C@H]3c2c[nH]c3ccccc23)cc1. The second-order valence-corrected chi connectivity index (χ2v) is 9.44. The van der Waals surface area contributed by atoms with E-state index in [0.29, 0.717) is 6.42 Å². The third-order valence-electron chi connectivity index (χ3n) is 7.36. The Bertz CT molecular complexity index is 1620. The average molecular weight is 445 g/mol. The maximum Gasteiger partial charge on any atom is 0.209 e. The summed E-state index contributed by atoms with van der Waals surface area (Å²) in [6, 6.07) is 24.8. The van der Waals surface area contributed by atoms with Gasteiger partial charge in [-0.25, -0.2) is 4.98 Å². The first-order valence-corrected chi connectivity index (χ1v) is 11.8. The number of hydrogen-bond donors (Lipinski definition) is 2. The number of carbonyl (C=O) groups is 1. The largest absolute Gasteiger partial charge is 0.361 e. The summed E-state index contributed by atoms with van der Waals surface area (Å²) < 4.78 is 2.20. The van der Waals surface area contributed by atoms with Gasteiger partial charge in [0.05, 0.1) is 17.1 Å². The van der Waals surface area contributed by atoms with Gasteiger partial charge in [-0.1, -0.05) is 60.2 Å². The molecule has 3 heterocycles. The van der Waals surface area contributed by atoms with Gasteiger partial charge in [0.25, 0.3) is 0 Å². The van der Waals surface area contributed by atoms with Crippen LogP contribution in [-0.2, 0) is 4.79 Å². The minimum atomic E-state index is -0.221. The average Bonchev–Trinajstić information content (AvgIpc) is 3.44. The van der Waals surface area contributed by atoms with Crippen LogP contribution in [0.25, 0.3) is 21.9 Å². The zero-order chi connectivity index (χ0) is 22.8. The Morgan fingerprint density at radius 2 is 1.74 bits per heavy atom. The molecule has 0 fully saturated rings. The molecular formula is C29H24N4O. The number of aryl methyl sites for hydroxylation is 1. The van der Waals surface area contributed by atoms with Crippen molar-refractivity contribution in [2.45, 2.75) is 31.7 Å². The number of benzene rings is 3. The van der Waals surface area contributed by atoms with Crippen molar-refractivity contribution in [3.05, 3.63) is 107 Å². The minimum absolute atomic E-state index is 0.166. The van der Waals surface area contributed by atoms with Crippen molar-refractivity contribution in [2.24, 2.45) is 0 Å². The maximum atomic E-state index is 13.8. The highest BCUT2D eigenvalue weighted by molar-refractivity contribution is 6.02. The van der Waals surface area contributed by atoms with Crippen LogP contribution in [0.3, 0.4) is 0 Å². The van der Waals surface area contributed by atoms with Gasteiger partial charge in [-0.3, -0.25) is 9.36 Å². The van der Waals surface area contributed by atoms with Gasteiger partial charge >= 0.3 is 0 Å². The monoisotopic (exact) mass is 444 g/mol. The van der Waals surface area contributed by atoms with E-state index in [2.05, 4.69) is 76.5 Å². The number of nitrogens with one attached hydrogen (secondary N) is 2. The predicted octanol–water partition coefficient (Wildman–Crippen LogP) is 6.24. The van der Waals surface area contributed by atoms with Crippen molar-refractivity contribution in [3.63, 3.8) is 0 Å². The standard InChI is InChI=1S/C29H24N4O/c1-17-10-12-18(13-11-17)19-14-24-27(26(34)15-19)28(21-16-30-22-7-3-2-6-20(21)22)33-25-9-5-4-8-23(25)31-29(33)32-24/h2-13,16,19,28,30H,14-15H2,1H3,(H,31,32)/t19-,28-/m0/s1. The van der Waals surface area contributed by atoms with Gasteiger partial charge in [0.2, 0.25) is 5.95 Å². The van der Waals surface area contributed by atoms with Crippen LogP contribution < -0.4 is 5.32 Å². The van der Waals surface area contributed by atoms with Gasteiger partial charge in [0.15, 0.2) is 5.78 Å². The number of nitrogens with zero attached hydrogens (tertiary/aromatic N) is 2. The second kappa shape index (κ2) is 7.19. The Balaban J connectivity index is 1.44. The van der Waals surface area contributed by atoms with Crippen LogP contribution in [0.15, 0.2) is 90.3 Å². The molecule has 0 bridgehead atoms. The fraction of sp³-hybridized carbons (Fsp3) is 0.172. The third kappa shape index (κ3) is 2.80. The van der Waals surface area contributed by atoms with E-state index in [0.717, 1.165) is 51.1 Å². The van der Waals surface area contributed by atoms with Gasteiger partial charge in [0, 0.05) is 40.4 Å². The number of aromatic nitrogens is 3. The molecule has 34 heavy (non-hydrogen) atoms. The maximum absolute atomic E-state index is 13.8. The minimum Gasteiger partial charge on any atom is -0.361 e. The normalized spacial score (nSPS) is 19.9. The van der Waals surface area contributed by atoms with Crippen molar-refractivity contribution in [3.8, 4) is 0 Å². The molecule has 5 heteroatoms. The molecule has 0 saturated heterocycles. The highest BCUT2D eigenvalue weighted by Crippen LogP contribution is 2.47. The van der Waals surface area contributed by atoms with E-state index in [9.17, 15) is 4.79 Å². The molecule has 166 valence electrons. The number of fused-ring (bicyclic) bond motifs is 4. The van der Waals surface area contributed by atoms with Crippen molar-refractivity contribution in [1.29, 1.82) is 0 Å².